The molecule has 1 aromatic carbocycles. The minimum atomic E-state index is -0.814. The number of carbonyl (C=O) groups excluding carboxylic acids is 1. The molecule has 0 radical (unpaired) electrons. The van der Waals surface area contributed by atoms with E-state index in [0.29, 0.717) is 18.5 Å². The highest BCUT2D eigenvalue weighted by molar-refractivity contribution is 5.95. The molecule has 1 aliphatic rings. The molecule has 1 N–H and O–H groups in total. The van der Waals surface area contributed by atoms with Gasteiger partial charge in [0.15, 0.2) is 0 Å². The molecule has 0 saturated carbocycles. The van der Waals surface area contributed by atoms with Crippen molar-refractivity contribution in [1.29, 1.82) is 0 Å². The van der Waals surface area contributed by atoms with Crippen molar-refractivity contribution in [1.82, 2.24) is 4.90 Å². The average molecular weight is 275 g/mol. The highest BCUT2D eigenvalue weighted by atomic mass is 16.4. The van der Waals surface area contributed by atoms with Gasteiger partial charge in [-0.3, -0.25) is 9.59 Å². The summed E-state index contributed by atoms with van der Waals surface area (Å²) in [5.41, 5.74) is 1.87. The van der Waals surface area contributed by atoms with E-state index in [2.05, 4.69) is 6.92 Å². The van der Waals surface area contributed by atoms with Gasteiger partial charge >= 0.3 is 5.97 Å². The van der Waals surface area contributed by atoms with Crippen LogP contribution in [0.25, 0.3) is 0 Å². The van der Waals surface area contributed by atoms with Crippen molar-refractivity contribution in [2.24, 2.45) is 5.92 Å². The topological polar surface area (TPSA) is 57.6 Å². The molecule has 1 saturated heterocycles. The highest BCUT2D eigenvalue weighted by Gasteiger charge is 2.38. The Kier molecular flexibility index (Phi) is 4.42. The molecule has 2 atom stereocenters. The molecule has 0 spiro atoms. The van der Waals surface area contributed by atoms with Crippen LogP contribution >= 0.6 is 0 Å². The second-order valence-electron chi connectivity index (χ2n) is 5.42. The van der Waals surface area contributed by atoms with E-state index in [1.807, 2.05) is 31.2 Å². The van der Waals surface area contributed by atoms with Crippen molar-refractivity contribution in [3.8, 4) is 0 Å². The van der Waals surface area contributed by atoms with Crippen LogP contribution in [-0.4, -0.2) is 34.5 Å². The van der Waals surface area contributed by atoms with Crippen LogP contribution in [0, 0.1) is 5.92 Å². The highest BCUT2D eigenvalue weighted by Crippen LogP contribution is 2.26. The van der Waals surface area contributed by atoms with E-state index in [-0.39, 0.29) is 11.9 Å². The molecule has 1 fully saturated rings. The minimum absolute atomic E-state index is 0.0655. The molecule has 1 aromatic rings. The van der Waals surface area contributed by atoms with E-state index in [1.54, 1.807) is 4.90 Å². The van der Waals surface area contributed by atoms with E-state index in [4.69, 9.17) is 5.11 Å². The van der Waals surface area contributed by atoms with Crippen molar-refractivity contribution in [2.45, 2.75) is 39.2 Å². The lowest BCUT2D eigenvalue weighted by Gasteiger charge is -2.23. The van der Waals surface area contributed by atoms with Gasteiger partial charge in [-0.2, -0.15) is 0 Å². The zero-order valence-electron chi connectivity index (χ0n) is 12.0. The van der Waals surface area contributed by atoms with Crippen LogP contribution < -0.4 is 0 Å². The van der Waals surface area contributed by atoms with Crippen molar-refractivity contribution >= 4 is 11.9 Å². The van der Waals surface area contributed by atoms with Crippen molar-refractivity contribution in [3.63, 3.8) is 0 Å². The molecule has 108 valence electrons. The van der Waals surface area contributed by atoms with E-state index < -0.39 is 11.9 Å². The molecule has 20 heavy (non-hydrogen) atoms. The van der Waals surface area contributed by atoms with E-state index in [9.17, 15) is 9.59 Å². The van der Waals surface area contributed by atoms with Crippen molar-refractivity contribution < 1.29 is 14.7 Å². The first-order valence-electron chi connectivity index (χ1n) is 7.17. The standard InChI is InChI=1S/C16H21NO3/c1-3-4-12-5-7-13(8-6-12)15(18)17-10-9-14(11(17)2)16(19)20/h5-8,11,14H,3-4,9-10H2,1-2H3,(H,19,20). The summed E-state index contributed by atoms with van der Waals surface area (Å²) in [6.07, 6.45) is 2.63. The van der Waals surface area contributed by atoms with E-state index >= 15 is 0 Å². The largest absolute Gasteiger partial charge is 0.481 e. The Morgan fingerprint density at radius 3 is 2.45 bits per heavy atom. The first-order chi connectivity index (χ1) is 9.54. The molecule has 0 aliphatic carbocycles. The first-order valence-corrected chi connectivity index (χ1v) is 7.17. The van der Waals surface area contributed by atoms with Crippen LogP contribution in [0.3, 0.4) is 0 Å². The van der Waals surface area contributed by atoms with Gasteiger partial charge in [-0.1, -0.05) is 25.5 Å². The number of nitrogens with zero attached hydrogens (tertiary/aromatic N) is 1. The normalized spacial score (nSPS) is 22.0. The van der Waals surface area contributed by atoms with Crippen molar-refractivity contribution in [3.05, 3.63) is 35.4 Å². The Bertz CT molecular complexity index is 495. The number of amides is 1. The number of carboxylic acids is 1. The quantitative estimate of drug-likeness (QED) is 0.918. The summed E-state index contributed by atoms with van der Waals surface area (Å²) >= 11 is 0. The summed E-state index contributed by atoms with van der Waals surface area (Å²) in [4.78, 5) is 25.2. The van der Waals surface area contributed by atoms with Crippen LogP contribution in [-0.2, 0) is 11.2 Å². The number of aliphatic carboxylic acids is 1. The van der Waals surface area contributed by atoms with Gasteiger partial charge in [0, 0.05) is 18.2 Å². The predicted molar refractivity (Wildman–Crippen MR) is 76.7 cm³/mol. The van der Waals surface area contributed by atoms with Gasteiger partial charge in [0.25, 0.3) is 5.91 Å². The molecule has 2 unspecified atom stereocenters. The number of rotatable bonds is 4. The Morgan fingerprint density at radius 2 is 1.95 bits per heavy atom. The lowest BCUT2D eigenvalue weighted by molar-refractivity contribution is -0.142. The monoisotopic (exact) mass is 275 g/mol. The summed E-state index contributed by atoms with van der Waals surface area (Å²) < 4.78 is 0. The Hall–Kier alpha value is -1.84. The first kappa shape index (κ1) is 14.6. The third-order valence-corrected chi connectivity index (χ3v) is 4.07. The Morgan fingerprint density at radius 1 is 1.30 bits per heavy atom. The summed E-state index contributed by atoms with van der Waals surface area (Å²) in [5.74, 6) is -1.33. The molecular weight excluding hydrogens is 254 g/mol. The maximum Gasteiger partial charge on any atom is 0.308 e. The molecular formula is C16H21NO3. The molecule has 4 heteroatoms. The maximum atomic E-state index is 12.4. The number of hydrogen-bond donors (Lipinski definition) is 1. The summed E-state index contributed by atoms with van der Waals surface area (Å²) in [6.45, 7) is 4.46. The summed E-state index contributed by atoms with van der Waals surface area (Å²) in [7, 11) is 0. The number of aryl methyl sites for hydroxylation is 1. The smallest absolute Gasteiger partial charge is 0.308 e. The van der Waals surface area contributed by atoms with Crippen LogP contribution in [0.15, 0.2) is 24.3 Å². The molecule has 4 nitrogen and oxygen atoms in total. The fourth-order valence-corrected chi connectivity index (χ4v) is 2.83. The Labute approximate surface area is 119 Å². The molecule has 2 rings (SSSR count). The van der Waals surface area contributed by atoms with Gasteiger partial charge < -0.3 is 10.0 Å². The fraction of sp³-hybridized carbons (Fsp3) is 0.500. The second-order valence-corrected chi connectivity index (χ2v) is 5.42. The van der Waals surface area contributed by atoms with Crippen LogP contribution in [0.1, 0.15) is 42.6 Å². The number of carboxylic acid groups (broad SMARTS) is 1. The summed E-state index contributed by atoms with van der Waals surface area (Å²) in [6, 6.07) is 7.40. The van der Waals surface area contributed by atoms with E-state index in [1.165, 1.54) is 5.56 Å². The van der Waals surface area contributed by atoms with Crippen LogP contribution in [0.5, 0.6) is 0 Å². The Balaban J connectivity index is 2.10. The number of hydrogen-bond acceptors (Lipinski definition) is 2. The van der Waals surface area contributed by atoms with Crippen LogP contribution in [0.4, 0.5) is 0 Å². The lowest BCUT2D eigenvalue weighted by Crippen LogP contribution is -2.37. The van der Waals surface area contributed by atoms with Gasteiger partial charge in [0.2, 0.25) is 0 Å². The molecule has 1 aliphatic heterocycles. The maximum absolute atomic E-state index is 12.4. The molecule has 0 bridgehead atoms. The van der Waals surface area contributed by atoms with E-state index in [0.717, 1.165) is 12.8 Å². The summed E-state index contributed by atoms with van der Waals surface area (Å²) in [5, 5.41) is 9.11. The number of likely N-dealkylation sites (tertiary alicyclic amines) is 1. The third-order valence-electron chi connectivity index (χ3n) is 4.07. The molecule has 1 heterocycles. The third kappa shape index (κ3) is 2.84. The zero-order valence-corrected chi connectivity index (χ0v) is 12.0. The fourth-order valence-electron chi connectivity index (χ4n) is 2.83. The average Bonchev–Trinajstić information content (AvgIpc) is 2.81. The molecule has 0 aromatic heterocycles. The van der Waals surface area contributed by atoms with Gasteiger partial charge in [-0.15, -0.1) is 0 Å². The number of carbonyl (C=O) groups is 2. The lowest BCUT2D eigenvalue weighted by atomic mass is 10.0. The number of benzene rings is 1. The predicted octanol–water partition coefficient (Wildman–Crippen LogP) is 2.57. The van der Waals surface area contributed by atoms with Crippen LogP contribution in [0.2, 0.25) is 0 Å². The van der Waals surface area contributed by atoms with Gasteiger partial charge in [0.1, 0.15) is 0 Å². The second kappa shape index (κ2) is 6.07. The van der Waals surface area contributed by atoms with Gasteiger partial charge in [0.05, 0.1) is 5.92 Å². The van der Waals surface area contributed by atoms with Crippen molar-refractivity contribution in [2.75, 3.05) is 6.54 Å². The SMILES string of the molecule is CCCc1ccc(C(=O)N2CCC(C(=O)O)C2C)cc1. The van der Waals surface area contributed by atoms with Gasteiger partial charge in [-0.05, 0) is 37.5 Å². The zero-order chi connectivity index (χ0) is 14.7. The molecule has 1 amide bonds. The van der Waals surface area contributed by atoms with Gasteiger partial charge in [-0.25, -0.2) is 0 Å². The minimum Gasteiger partial charge on any atom is -0.481 e.